The predicted molar refractivity (Wildman–Crippen MR) is 80.1 cm³/mol. The van der Waals surface area contributed by atoms with Crippen molar-refractivity contribution in [3.8, 4) is 0 Å². The molecule has 0 aliphatic carbocycles. The third kappa shape index (κ3) is 1.57. The normalized spacial score (nSPS) is 11.6. The van der Waals surface area contributed by atoms with Crippen LogP contribution < -0.4 is 0 Å². The third-order valence-electron chi connectivity index (χ3n) is 2.97. The molecule has 4 aromatic rings. The minimum Gasteiger partial charge on any atom is -0.341 e. The molecule has 0 saturated carbocycles. The predicted octanol–water partition coefficient (Wildman–Crippen LogP) is 3.76. The zero-order chi connectivity index (χ0) is 13.0. The lowest BCUT2D eigenvalue weighted by Gasteiger charge is -1.97. The van der Waals surface area contributed by atoms with E-state index >= 15 is 0 Å². The molecular weight excluding hydrogens is 276 g/mol. The molecule has 0 aliphatic rings. The first kappa shape index (κ1) is 11.0. The third-order valence-corrected chi connectivity index (χ3v) is 4.47. The minimum absolute atomic E-state index is 0.611. The van der Waals surface area contributed by atoms with Gasteiger partial charge in [0.05, 0.1) is 21.3 Å². The summed E-state index contributed by atoms with van der Waals surface area (Å²) < 4.78 is 1.56. The molecule has 0 atom stereocenters. The minimum atomic E-state index is 0.611. The van der Waals surface area contributed by atoms with E-state index in [1.54, 1.807) is 11.3 Å². The largest absolute Gasteiger partial charge is 0.341 e. The number of aromatic nitrogens is 4. The van der Waals surface area contributed by atoms with Gasteiger partial charge >= 0.3 is 0 Å². The molecule has 0 aliphatic heterocycles. The molecule has 0 radical (unpaired) electrons. The van der Waals surface area contributed by atoms with E-state index in [0.717, 1.165) is 37.4 Å². The fraction of sp³-hybridized carbons (Fsp3) is 0.0769. The number of nitrogens with one attached hydrogen (secondary N) is 1. The molecule has 92 valence electrons. The van der Waals surface area contributed by atoms with Crippen molar-refractivity contribution < 1.29 is 0 Å². The maximum Gasteiger partial charge on any atom is 0.147 e. The summed E-state index contributed by atoms with van der Waals surface area (Å²) in [6, 6.07) is 7.86. The van der Waals surface area contributed by atoms with Gasteiger partial charge in [0.15, 0.2) is 0 Å². The Labute approximate surface area is 117 Å². The van der Waals surface area contributed by atoms with Crippen LogP contribution >= 0.6 is 23.6 Å². The number of nitrogens with zero attached hydrogens (tertiary/aromatic N) is 3. The first-order valence-electron chi connectivity index (χ1n) is 5.78. The molecule has 19 heavy (non-hydrogen) atoms. The fourth-order valence-corrected chi connectivity index (χ4v) is 3.48. The highest BCUT2D eigenvalue weighted by molar-refractivity contribution is 7.71. The summed E-state index contributed by atoms with van der Waals surface area (Å²) in [5, 5.41) is 0. The van der Waals surface area contributed by atoms with Crippen LogP contribution in [0.1, 0.15) is 5.82 Å². The highest BCUT2D eigenvalue weighted by atomic mass is 32.1. The zero-order valence-corrected chi connectivity index (χ0v) is 11.6. The van der Waals surface area contributed by atoms with Gasteiger partial charge in [0.1, 0.15) is 20.8 Å². The van der Waals surface area contributed by atoms with E-state index in [4.69, 9.17) is 17.2 Å². The fourth-order valence-electron chi connectivity index (χ4n) is 2.15. The first-order valence-corrected chi connectivity index (χ1v) is 7.01. The van der Waals surface area contributed by atoms with Crippen molar-refractivity contribution in [1.82, 2.24) is 19.9 Å². The number of aromatic amines is 1. The Morgan fingerprint density at radius 2 is 1.84 bits per heavy atom. The number of aryl methyl sites for hydroxylation is 1. The molecule has 4 nitrogen and oxygen atoms in total. The molecule has 1 aromatic carbocycles. The summed E-state index contributed by atoms with van der Waals surface area (Å²) in [5.74, 6) is 0.798. The van der Waals surface area contributed by atoms with Crippen molar-refractivity contribution >= 4 is 55.2 Å². The molecule has 0 unspecified atom stereocenters. The number of para-hydroxylation sites is 2. The van der Waals surface area contributed by atoms with E-state index in [0.29, 0.717) is 4.64 Å². The SMILES string of the molecule is Cc1nc(=S)c2sc3nc4ccccc4nc3c2[nH]1. The number of hydrogen-bond acceptors (Lipinski definition) is 5. The number of benzene rings is 1. The maximum atomic E-state index is 5.31. The van der Waals surface area contributed by atoms with Crippen LogP contribution in [0.2, 0.25) is 0 Å². The van der Waals surface area contributed by atoms with Crippen LogP contribution in [0, 0.1) is 11.6 Å². The molecule has 4 rings (SSSR count). The summed E-state index contributed by atoms with van der Waals surface area (Å²) >= 11 is 6.85. The Hall–Kier alpha value is -1.92. The maximum absolute atomic E-state index is 5.31. The Bertz CT molecular complexity index is 1000. The van der Waals surface area contributed by atoms with Crippen LogP contribution in [0.3, 0.4) is 0 Å². The van der Waals surface area contributed by atoms with Crippen LogP contribution in [0.15, 0.2) is 24.3 Å². The molecule has 3 heterocycles. The summed E-state index contributed by atoms with van der Waals surface area (Å²) in [6.07, 6.45) is 0. The van der Waals surface area contributed by atoms with Crippen LogP contribution in [0.4, 0.5) is 0 Å². The van der Waals surface area contributed by atoms with Gasteiger partial charge in [-0.25, -0.2) is 15.0 Å². The van der Waals surface area contributed by atoms with Crippen LogP contribution in [0.25, 0.3) is 31.6 Å². The Kier molecular flexibility index (Phi) is 2.18. The zero-order valence-electron chi connectivity index (χ0n) is 9.97. The van der Waals surface area contributed by atoms with E-state index in [9.17, 15) is 0 Å². The van der Waals surface area contributed by atoms with Gasteiger partial charge in [-0.3, -0.25) is 0 Å². The second-order valence-corrected chi connectivity index (χ2v) is 5.69. The highest BCUT2D eigenvalue weighted by Crippen LogP contribution is 2.31. The molecule has 0 spiro atoms. The van der Waals surface area contributed by atoms with Gasteiger partial charge in [0, 0.05) is 0 Å². The monoisotopic (exact) mass is 284 g/mol. The first-order chi connectivity index (χ1) is 9.22. The van der Waals surface area contributed by atoms with Crippen LogP contribution in [-0.2, 0) is 0 Å². The van der Waals surface area contributed by atoms with E-state index in [2.05, 4.69) is 15.0 Å². The second kappa shape index (κ2) is 3.79. The lowest BCUT2D eigenvalue weighted by molar-refractivity contribution is 1.09. The van der Waals surface area contributed by atoms with Gasteiger partial charge in [0.2, 0.25) is 0 Å². The molecule has 0 bridgehead atoms. The van der Waals surface area contributed by atoms with E-state index in [1.807, 2.05) is 31.2 Å². The van der Waals surface area contributed by atoms with Crippen molar-refractivity contribution in [3.63, 3.8) is 0 Å². The van der Waals surface area contributed by atoms with Crippen molar-refractivity contribution in [3.05, 3.63) is 34.7 Å². The average Bonchev–Trinajstić information content (AvgIpc) is 2.74. The van der Waals surface area contributed by atoms with Gasteiger partial charge in [-0.15, -0.1) is 11.3 Å². The van der Waals surface area contributed by atoms with Gasteiger partial charge in [-0.1, -0.05) is 24.4 Å². The number of thiophene rings is 1. The van der Waals surface area contributed by atoms with Crippen molar-refractivity contribution in [2.45, 2.75) is 6.92 Å². The summed E-state index contributed by atoms with van der Waals surface area (Å²) in [5.41, 5.74) is 3.60. The van der Waals surface area contributed by atoms with Crippen molar-refractivity contribution in [2.24, 2.45) is 0 Å². The quantitative estimate of drug-likeness (QED) is 0.500. The molecule has 1 N–H and O–H groups in total. The number of rotatable bonds is 0. The standard InChI is InChI=1S/C13H8N4S2/c1-6-14-9-10-13(19-11(9)12(18)15-6)17-8-5-3-2-4-7(8)16-10/h2-5H,1H3,(H,14,15,18). The summed E-state index contributed by atoms with van der Waals surface area (Å²) in [6.45, 7) is 1.90. The van der Waals surface area contributed by atoms with Crippen LogP contribution in [-0.4, -0.2) is 19.9 Å². The van der Waals surface area contributed by atoms with Gasteiger partial charge < -0.3 is 4.98 Å². The van der Waals surface area contributed by atoms with Gasteiger partial charge in [-0.05, 0) is 19.1 Å². The smallest absolute Gasteiger partial charge is 0.147 e. The van der Waals surface area contributed by atoms with Crippen LogP contribution in [0.5, 0.6) is 0 Å². The molecular formula is C13H8N4S2. The molecule has 0 fully saturated rings. The number of fused-ring (bicyclic) bond motifs is 4. The topological polar surface area (TPSA) is 54.5 Å². The summed E-state index contributed by atoms with van der Waals surface area (Å²) in [7, 11) is 0. The van der Waals surface area contributed by atoms with Gasteiger partial charge in [-0.2, -0.15) is 0 Å². The second-order valence-electron chi connectivity index (χ2n) is 4.30. The summed E-state index contributed by atoms with van der Waals surface area (Å²) in [4.78, 5) is 17.8. The van der Waals surface area contributed by atoms with Crippen molar-refractivity contribution in [1.29, 1.82) is 0 Å². The highest BCUT2D eigenvalue weighted by Gasteiger charge is 2.11. The average molecular weight is 284 g/mol. The van der Waals surface area contributed by atoms with Gasteiger partial charge in [0.25, 0.3) is 0 Å². The molecule has 0 amide bonds. The molecule has 0 saturated heterocycles. The lowest BCUT2D eigenvalue weighted by Crippen LogP contribution is -1.88. The Balaban J connectivity index is 2.29. The van der Waals surface area contributed by atoms with E-state index in [1.165, 1.54) is 0 Å². The Morgan fingerprint density at radius 1 is 1.11 bits per heavy atom. The lowest BCUT2D eigenvalue weighted by atomic mass is 10.3. The number of H-pyrrole nitrogens is 1. The van der Waals surface area contributed by atoms with Crippen molar-refractivity contribution in [2.75, 3.05) is 0 Å². The van der Waals surface area contributed by atoms with E-state index in [-0.39, 0.29) is 0 Å². The number of hydrogen-bond donors (Lipinski definition) is 1. The molecule has 6 heteroatoms. The Morgan fingerprint density at radius 3 is 2.63 bits per heavy atom. The van der Waals surface area contributed by atoms with E-state index < -0.39 is 0 Å². The molecule has 3 aromatic heterocycles.